The van der Waals surface area contributed by atoms with Gasteiger partial charge in [0.25, 0.3) is 11.8 Å². The minimum atomic E-state index is -3.76. The molecule has 26 heavy (non-hydrogen) atoms. The molecule has 1 saturated carbocycles. The first-order chi connectivity index (χ1) is 12.4. The molecule has 0 atom stereocenters. The van der Waals surface area contributed by atoms with Crippen LogP contribution in [-0.4, -0.2) is 32.2 Å². The summed E-state index contributed by atoms with van der Waals surface area (Å²) in [6.45, 7) is 0. The Balaban J connectivity index is 1.70. The second kappa shape index (κ2) is 7.17. The molecule has 0 aromatic heterocycles. The fourth-order valence-corrected chi connectivity index (χ4v) is 3.28. The van der Waals surface area contributed by atoms with Crippen LogP contribution < -0.4 is 15.8 Å². The van der Waals surface area contributed by atoms with Crippen LogP contribution in [0.25, 0.3) is 0 Å². The highest BCUT2D eigenvalue weighted by Crippen LogP contribution is 2.21. The second-order valence-corrected chi connectivity index (χ2v) is 7.95. The molecule has 2 aromatic rings. The molecule has 3 N–H and O–H groups in total. The van der Waals surface area contributed by atoms with Gasteiger partial charge in [0.2, 0.25) is 9.84 Å². The van der Waals surface area contributed by atoms with Gasteiger partial charge >= 0.3 is 0 Å². The number of benzene rings is 2. The van der Waals surface area contributed by atoms with Gasteiger partial charge < -0.3 is 15.8 Å². The molecule has 1 fully saturated rings. The Labute approximate surface area is 151 Å². The van der Waals surface area contributed by atoms with Gasteiger partial charge in [-0.3, -0.25) is 9.59 Å². The van der Waals surface area contributed by atoms with Crippen LogP contribution in [0, 0.1) is 0 Å². The van der Waals surface area contributed by atoms with Crippen LogP contribution >= 0.6 is 0 Å². The lowest BCUT2D eigenvalue weighted by Gasteiger charge is -2.10. The predicted molar refractivity (Wildman–Crippen MR) is 94.6 cm³/mol. The van der Waals surface area contributed by atoms with E-state index in [9.17, 15) is 18.0 Å². The maximum absolute atomic E-state index is 12.4. The third-order valence-electron chi connectivity index (χ3n) is 3.91. The second-order valence-electron chi connectivity index (χ2n) is 6.01. The van der Waals surface area contributed by atoms with Crippen LogP contribution in [0.15, 0.2) is 53.4 Å². The molecule has 1 aliphatic rings. The molecule has 0 heterocycles. The quantitative estimate of drug-likeness (QED) is 0.762. The summed E-state index contributed by atoms with van der Waals surface area (Å²) in [7, 11) is -3.76. The minimum absolute atomic E-state index is 0.0250. The first-order valence-corrected chi connectivity index (χ1v) is 9.67. The summed E-state index contributed by atoms with van der Waals surface area (Å²) in [6, 6.07) is 12.0. The minimum Gasteiger partial charge on any atom is -0.477 e. The van der Waals surface area contributed by atoms with Gasteiger partial charge in [-0.05, 0) is 49.2 Å². The largest absolute Gasteiger partial charge is 0.477 e. The Kier molecular flexibility index (Phi) is 4.94. The lowest BCUT2D eigenvalue weighted by atomic mass is 10.2. The van der Waals surface area contributed by atoms with Crippen molar-refractivity contribution in [1.29, 1.82) is 0 Å². The maximum atomic E-state index is 12.4. The topological polar surface area (TPSA) is 116 Å². The molecule has 3 rings (SSSR count). The first-order valence-electron chi connectivity index (χ1n) is 8.02. The molecule has 0 saturated heterocycles. The van der Waals surface area contributed by atoms with Crippen LogP contribution in [0.5, 0.6) is 5.75 Å². The average molecular weight is 374 g/mol. The van der Waals surface area contributed by atoms with Gasteiger partial charge in [0.1, 0.15) is 5.75 Å². The lowest BCUT2D eigenvalue weighted by molar-refractivity contribution is 0.0949. The van der Waals surface area contributed by atoms with Crippen LogP contribution in [0.3, 0.4) is 0 Å². The first kappa shape index (κ1) is 17.9. The molecule has 8 heteroatoms. The molecule has 2 amide bonds. The zero-order valence-electron chi connectivity index (χ0n) is 13.8. The normalized spacial score (nSPS) is 13.8. The van der Waals surface area contributed by atoms with E-state index in [0.717, 1.165) is 12.8 Å². The van der Waals surface area contributed by atoms with Crippen molar-refractivity contribution >= 4 is 21.7 Å². The number of para-hydroxylation sites is 1. The van der Waals surface area contributed by atoms with Crippen molar-refractivity contribution < 1.29 is 22.7 Å². The van der Waals surface area contributed by atoms with E-state index in [2.05, 4.69) is 5.32 Å². The summed E-state index contributed by atoms with van der Waals surface area (Å²) in [6.07, 6.45) is 1.95. The monoisotopic (exact) mass is 374 g/mol. The Hall–Kier alpha value is -2.87. The van der Waals surface area contributed by atoms with E-state index < -0.39 is 21.7 Å². The number of ether oxygens (including phenoxy) is 1. The van der Waals surface area contributed by atoms with Gasteiger partial charge in [-0.1, -0.05) is 12.1 Å². The number of hydrogen-bond acceptors (Lipinski definition) is 5. The van der Waals surface area contributed by atoms with Crippen molar-refractivity contribution in [3.05, 3.63) is 59.7 Å². The van der Waals surface area contributed by atoms with E-state index in [0.29, 0.717) is 5.56 Å². The third kappa shape index (κ3) is 4.20. The fraction of sp³-hybridized carbons (Fsp3) is 0.222. The molecule has 0 aliphatic heterocycles. The van der Waals surface area contributed by atoms with E-state index in [1.807, 2.05) is 0 Å². The summed E-state index contributed by atoms with van der Waals surface area (Å²) >= 11 is 0. The number of nitrogens with two attached hydrogens (primary N) is 1. The van der Waals surface area contributed by atoms with E-state index in [4.69, 9.17) is 10.5 Å². The van der Waals surface area contributed by atoms with Crippen molar-refractivity contribution in [3.63, 3.8) is 0 Å². The predicted octanol–water partition coefficient (Wildman–Crippen LogP) is 1.49. The Morgan fingerprint density at radius 3 is 2.35 bits per heavy atom. The van der Waals surface area contributed by atoms with Crippen LogP contribution in [0.2, 0.25) is 0 Å². The van der Waals surface area contributed by atoms with Crippen molar-refractivity contribution in [2.75, 3.05) is 5.94 Å². The molecule has 136 valence electrons. The van der Waals surface area contributed by atoms with E-state index in [1.54, 1.807) is 12.1 Å². The molecule has 0 unspecified atom stereocenters. The molecule has 0 spiro atoms. The number of hydrogen-bond donors (Lipinski definition) is 2. The van der Waals surface area contributed by atoms with Gasteiger partial charge in [-0.25, -0.2) is 8.42 Å². The van der Waals surface area contributed by atoms with E-state index >= 15 is 0 Å². The average Bonchev–Trinajstić information content (AvgIpc) is 3.44. The van der Waals surface area contributed by atoms with Gasteiger partial charge in [0, 0.05) is 11.6 Å². The van der Waals surface area contributed by atoms with Crippen LogP contribution in [0.1, 0.15) is 33.6 Å². The molecule has 0 radical (unpaired) electrons. The third-order valence-corrected chi connectivity index (χ3v) is 5.33. The van der Waals surface area contributed by atoms with Crippen molar-refractivity contribution in [2.24, 2.45) is 5.73 Å². The van der Waals surface area contributed by atoms with Crippen molar-refractivity contribution in [2.45, 2.75) is 23.8 Å². The molecule has 7 nitrogen and oxygen atoms in total. The highest BCUT2D eigenvalue weighted by atomic mass is 32.2. The summed E-state index contributed by atoms with van der Waals surface area (Å²) in [5.41, 5.74) is 5.75. The molecule has 1 aliphatic carbocycles. The molecular weight excluding hydrogens is 356 g/mol. The van der Waals surface area contributed by atoms with Gasteiger partial charge in [-0.2, -0.15) is 0 Å². The zero-order chi connectivity index (χ0) is 18.7. The summed E-state index contributed by atoms with van der Waals surface area (Å²) in [5, 5.41) is 2.83. The number of carbonyl (C=O) groups is 2. The lowest BCUT2D eigenvalue weighted by Crippen LogP contribution is -2.25. The van der Waals surface area contributed by atoms with Gasteiger partial charge in [-0.15, -0.1) is 0 Å². The fourth-order valence-electron chi connectivity index (χ4n) is 2.32. The highest BCUT2D eigenvalue weighted by molar-refractivity contribution is 7.91. The smallest absolute Gasteiger partial charge is 0.252 e. The maximum Gasteiger partial charge on any atom is 0.252 e. The number of amides is 2. The highest BCUT2D eigenvalue weighted by Gasteiger charge is 2.24. The number of carbonyl (C=O) groups excluding carboxylic acids is 2. The van der Waals surface area contributed by atoms with Crippen molar-refractivity contribution in [1.82, 2.24) is 5.32 Å². The Bertz CT molecular complexity index is 934. The zero-order valence-corrected chi connectivity index (χ0v) is 14.7. The van der Waals surface area contributed by atoms with E-state index in [1.165, 1.54) is 36.4 Å². The Morgan fingerprint density at radius 1 is 1.08 bits per heavy atom. The summed E-state index contributed by atoms with van der Waals surface area (Å²) in [4.78, 5) is 23.3. The number of nitrogens with one attached hydrogen (secondary N) is 1. The molecular formula is C18H18N2O5S. The summed E-state index contributed by atoms with van der Waals surface area (Å²) in [5.74, 6) is -1.47. The van der Waals surface area contributed by atoms with Crippen LogP contribution in [-0.2, 0) is 9.84 Å². The van der Waals surface area contributed by atoms with Crippen molar-refractivity contribution in [3.8, 4) is 5.75 Å². The SMILES string of the molecule is NC(=O)c1ccccc1OCS(=O)(=O)c1ccc(C(=O)NC2CC2)cc1. The summed E-state index contributed by atoms with van der Waals surface area (Å²) < 4.78 is 30.1. The van der Waals surface area contributed by atoms with E-state index in [-0.39, 0.29) is 28.2 Å². The molecule has 0 bridgehead atoms. The number of sulfone groups is 1. The van der Waals surface area contributed by atoms with Gasteiger partial charge in [0.05, 0.1) is 10.5 Å². The van der Waals surface area contributed by atoms with Gasteiger partial charge in [0.15, 0.2) is 5.94 Å². The Morgan fingerprint density at radius 2 is 1.73 bits per heavy atom. The van der Waals surface area contributed by atoms with Crippen LogP contribution in [0.4, 0.5) is 0 Å². The standard InChI is InChI=1S/C18H18N2O5S/c19-17(21)15-3-1-2-4-16(15)25-11-26(23,24)14-9-5-12(6-10-14)18(22)20-13-7-8-13/h1-6,9-10,13H,7-8,11H2,(H2,19,21)(H,20,22). The molecule has 2 aromatic carbocycles. The number of rotatable bonds is 7. The number of primary amides is 1.